The Morgan fingerprint density at radius 2 is 1.78 bits per heavy atom. The smallest absolute Gasteiger partial charge is 0.257 e. The van der Waals surface area contributed by atoms with Gasteiger partial charge in [-0.3, -0.25) is 4.79 Å². The molecule has 1 amide bonds. The zero-order chi connectivity index (χ0) is 18.8. The number of phenols is 1. The van der Waals surface area contributed by atoms with Crippen molar-refractivity contribution in [2.45, 2.75) is 26.2 Å². The van der Waals surface area contributed by atoms with Gasteiger partial charge in [-0.25, -0.2) is 9.97 Å². The molecule has 0 unspecified atom stereocenters. The number of carbonyl (C=O) groups excluding carboxylic acids is 1. The summed E-state index contributed by atoms with van der Waals surface area (Å²) < 4.78 is 0. The van der Waals surface area contributed by atoms with Crippen molar-refractivity contribution in [1.29, 1.82) is 0 Å². The average molecular weight is 366 g/mol. The van der Waals surface area contributed by atoms with Gasteiger partial charge < -0.3 is 14.9 Å². The van der Waals surface area contributed by atoms with Crippen LogP contribution in [0.25, 0.3) is 0 Å². The highest BCUT2D eigenvalue weighted by Gasteiger charge is 2.34. The summed E-state index contributed by atoms with van der Waals surface area (Å²) in [7, 11) is 0. The van der Waals surface area contributed by atoms with Gasteiger partial charge in [0.2, 0.25) is 5.95 Å². The second-order valence-corrected chi connectivity index (χ2v) is 7.69. The van der Waals surface area contributed by atoms with Crippen LogP contribution in [-0.2, 0) is 0 Å². The minimum atomic E-state index is -0.0508. The van der Waals surface area contributed by atoms with Gasteiger partial charge in [0.1, 0.15) is 5.75 Å². The molecule has 6 heteroatoms. The zero-order valence-electron chi connectivity index (χ0n) is 15.7. The number of benzene rings is 1. The Morgan fingerprint density at radius 1 is 1.07 bits per heavy atom. The predicted octanol–water partition coefficient (Wildman–Crippen LogP) is 2.87. The Bertz CT molecular complexity index is 803. The number of aryl methyl sites for hydroxylation is 1. The number of piperidine rings is 1. The third kappa shape index (κ3) is 3.75. The van der Waals surface area contributed by atoms with E-state index in [1.165, 1.54) is 0 Å². The number of likely N-dealkylation sites (tertiary alicyclic amines) is 1. The minimum absolute atomic E-state index is 0.0508. The monoisotopic (exact) mass is 366 g/mol. The normalized spacial score (nSPS) is 20.9. The van der Waals surface area contributed by atoms with Crippen LogP contribution in [0.2, 0.25) is 0 Å². The van der Waals surface area contributed by atoms with E-state index < -0.39 is 0 Å². The molecule has 2 aromatic rings. The summed E-state index contributed by atoms with van der Waals surface area (Å²) in [6.07, 6.45) is 6.84. The van der Waals surface area contributed by atoms with E-state index in [0.29, 0.717) is 17.4 Å². The number of hydrogen-bond acceptors (Lipinski definition) is 5. The van der Waals surface area contributed by atoms with Crippen LogP contribution in [0, 0.1) is 18.8 Å². The van der Waals surface area contributed by atoms with Gasteiger partial charge in [0.05, 0.1) is 5.56 Å². The Labute approximate surface area is 159 Å². The van der Waals surface area contributed by atoms with E-state index in [-0.39, 0.29) is 11.7 Å². The van der Waals surface area contributed by atoms with E-state index in [2.05, 4.69) is 14.9 Å². The first-order valence-electron chi connectivity index (χ1n) is 9.72. The number of hydrogen-bond donors (Lipinski definition) is 1. The molecule has 4 rings (SSSR count). The average Bonchev–Trinajstić information content (AvgIpc) is 3.19. The lowest BCUT2D eigenvalue weighted by Crippen LogP contribution is -2.38. The number of aromatic hydroxyl groups is 1. The van der Waals surface area contributed by atoms with Gasteiger partial charge in [-0.05, 0) is 61.8 Å². The zero-order valence-corrected chi connectivity index (χ0v) is 15.7. The Balaban J connectivity index is 1.34. The van der Waals surface area contributed by atoms with Crippen molar-refractivity contribution in [1.82, 2.24) is 14.9 Å². The van der Waals surface area contributed by atoms with Crippen LogP contribution in [0.5, 0.6) is 5.75 Å². The van der Waals surface area contributed by atoms with E-state index in [4.69, 9.17) is 0 Å². The molecule has 3 heterocycles. The van der Waals surface area contributed by atoms with E-state index >= 15 is 0 Å². The SMILES string of the molecule is Cc1ccc(C(=O)N2CC[C@@H](C3CCN(c4ncccn4)CC3)C2)c(O)c1. The van der Waals surface area contributed by atoms with Gasteiger partial charge in [-0.2, -0.15) is 0 Å². The number of nitrogens with zero attached hydrogens (tertiary/aromatic N) is 4. The van der Waals surface area contributed by atoms with Gasteiger partial charge in [0, 0.05) is 38.6 Å². The van der Waals surface area contributed by atoms with Crippen LogP contribution in [0.15, 0.2) is 36.7 Å². The fourth-order valence-electron chi connectivity index (χ4n) is 4.37. The highest BCUT2D eigenvalue weighted by atomic mass is 16.3. The fourth-order valence-corrected chi connectivity index (χ4v) is 4.37. The summed E-state index contributed by atoms with van der Waals surface area (Å²) in [6, 6.07) is 7.11. The predicted molar refractivity (Wildman–Crippen MR) is 104 cm³/mol. The standard InChI is InChI=1S/C21H26N4O2/c1-15-3-4-18(19(26)13-15)20(27)25-12-7-17(14-25)16-5-10-24(11-6-16)21-22-8-2-9-23-21/h2-4,8-9,13,16-17,26H,5-7,10-12,14H2,1H3/t17-/m1/s1. The molecule has 0 aliphatic carbocycles. The molecule has 6 nitrogen and oxygen atoms in total. The van der Waals surface area contributed by atoms with Crippen molar-refractivity contribution < 1.29 is 9.90 Å². The molecule has 1 N–H and O–H groups in total. The maximum Gasteiger partial charge on any atom is 0.257 e. The molecular weight excluding hydrogens is 340 g/mol. The summed E-state index contributed by atoms with van der Waals surface area (Å²) in [4.78, 5) is 25.6. The third-order valence-electron chi connectivity index (χ3n) is 5.94. The summed E-state index contributed by atoms with van der Waals surface area (Å²) >= 11 is 0. The fraction of sp³-hybridized carbons (Fsp3) is 0.476. The van der Waals surface area contributed by atoms with E-state index in [1.54, 1.807) is 24.5 Å². The molecule has 0 radical (unpaired) electrons. The Kier molecular flexibility index (Phi) is 4.97. The molecule has 1 atom stereocenters. The lowest BCUT2D eigenvalue weighted by Gasteiger charge is -2.34. The van der Waals surface area contributed by atoms with Crippen molar-refractivity contribution in [2.75, 3.05) is 31.1 Å². The lowest BCUT2D eigenvalue weighted by molar-refractivity contribution is 0.0777. The summed E-state index contributed by atoms with van der Waals surface area (Å²) in [5, 5.41) is 10.1. The first-order chi connectivity index (χ1) is 13.1. The molecule has 142 valence electrons. The number of amides is 1. The van der Waals surface area contributed by atoms with E-state index in [9.17, 15) is 9.90 Å². The second-order valence-electron chi connectivity index (χ2n) is 7.69. The summed E-state index contributed by atoms with van der Waals surface area (Å²) in [6.45, 7) is 5.42. The Morgan fingerprint density at radius 3 is 2.48 bits per heavy atom. The van der Waals surface area contributed by atoms with Crippen molar-refractivity contribution in [3.8, 4) is 5.75 Å². The molecule has 27 heavy (non-hydrogen) atoms. The van der Waals surface area contributed by atoms with E-state index in [1.807, 2.05) is 24.0 Å². The van der Waals surface area contributed by atoms with Crippen molar-refractivity contribution >= 4 is 11.9 Å². The summed E-state index contributed by atoms with van der Waals surface area (Å²) in [5.74, 6) is 2.02. The number of anilines is 1. The number of phenolic OH excluding ortho intramolecular Hbond substituents is 1. The largest absolute Gasteiger partial charge is 0.507 e. The quantitative estimate of drug-likeness (QED) is 0.905. The van der Waals surface area contributed by atoms with Crippen LogP contribution in [0.1, 0.15) is 35.2 Å². The number of aromatic nitrogens is 2. The van der Waals surface area contributed by atoms with Gasteiger partial charge in [-0.1, -0.05) is 6.07 Å². The maximum atomic E-state index is 12.8. The molecule has 2 aliphatic rings. The molecule has 2 saturated heterocycles. The highest BCUT2D eigenvalue weighted by Crippen LogP contribution is 2.33. The number of carbonyl (C=O) groups is 1. The second kappa shape index (κ2) is 7.55. The molecule has 0 saturated carbocycles. The molecular formula is C21H26N4O2. The lowest BCUT2D eigenvalue weighted by atomic mass is 9.84. The van der Waals surface area contributed by atoms with E-state index in [0.717, 1.165) is 57.0 Å². The van der Waals surface area contributed by atoms with Crippen LogP contribution < -0.4 is 4.90 Å². The third-order valence-corrected chi connectivity index (χ3v) is 5.94. The van der Waals surface area contributed by atoms with Crippen molar-refractivity contribution in [3.63, 3.8) is 0 Å². The first-order valence-corrected chi connectivity index (χ1v) is 9.72. The molecule has 2 aliphatic heterocycles. The summed E-state index contributed by atoms with van der Waals surface area (Å²) in [5.41, 5.74) is 1.37. The van der Waals surface area contributed by atoms with Gasteiger partial charge in [-0.15, -0.1) is 0 Å². The van der Waals surface area contributed by atoms with Gasteiger partial charge in [0.25, 0.3) is 5.91 Å². The van der Waals surface area contributed by atoms with Crippen LogP contribution in [-0.4, -0.2) is 52.1 Å². The molecule has 0 spiro atoms. The van der Waals surface area contributed by atoms with Crippen molar-refractivity contribution in [2.24, 2.45) is 11.8 Å². The van der Waals surface area contributed by atoms with Crippen LogP contribution in [0.4, 0.5) is 5.95 Å². The van der Waals surface area contributed by atoms with Gasteiger partial charge in [0.15, 0.2) is 0 Å². The molecule has 2 fully saturated rings. The maximum absolute atomic E-state index is 12.8. The number of rotatable bonds is 3. The Hall–Kier alpha value is -2.63. The topological polar surface area (TPSA) is 69.6 Å². The molecule has 1 aromatic heterocycles. The van der Waals surface area contributed by atoms with Crippen LogP contribution >= 0.6 is 0 Å². The van der Waals surface area contributed by atoms with Gasteiger partial charge >= 0.3 is 0 Å². The highest BCUT2D eigenvalue weighted by molar-refractivity contribution is 5.97. The minimum Gasteiger partial charge on any atom is -0.507 e. The molecule has 0 bridgehead atoms. The van der Waals surface area contributed by atoms with Crippen LogP contribution in [0.3, 0.4) is 0 Å². The first kappa shape index (κ1) is 17.8. The van der Waals surface area contributed by atoms with Crippen molar-refractivity contribution in [3.05, 3.63) is 47.8 Å². The molecule has 1 aromatic carbocycles.